The van der Waals surface area contributed by atoms with Crippen LogP contribution in [0.3, 0.4) is 0 Å². The molecule has 4 rings (SSSR count). The van der Waals surface area contributed by atoms with Gasteiger partial charge in [-0.05, 0) is 18.2 Å². The molecule has 1 aliphatic heterocycles. The standard InChI is InChI=1S/C24H24N2O7/c1-30-14-7-5-6-13(10-14)26-12-17(24(28)29)20-21(26)16(11-19(27)25-20)15-8-9-18(31-2)23(33-4)22(15)32-3/h5-10,12,16H,11H2,1-4H3,(H,25,27)(H,28,29)/t16-/m1/s1. The van der Waals surface area contributed by atoms with Gasteiger partial charge in [-0.2, -0.15) is 0 Å². The third-order valence-electron chi connectivity index (χ3n) is 5.70. The number of aromatic carboxylic acids is 1. The summed E-state index contributed by atoms with van der Waals surface area (Å²) in [6, 6.07) is 10.8. The summed E-state index contributed by atoms with van der Waals surface area (Å²) in [6.45, 7) is 0. The first-order valence-corrected chi connectivity index (χ1v) is 10.1. The third kappa shape index (κ3) is 3.71. The molecule has 1 atom stereocenters. The molecule has 1 amide bonds. The number of carbonyl (C=O) groups is 2. The van der Waals surface area contributed by atoms with Crippen molar-refractivity contribution in [1.29, 1.82) is 0 Å². The molecule has 9 nitrogen and oxygen atoms in total. The average Bonchev–Trinajstić information content (AvgIpc) is 3.22. The van der Waals surface area contributed by atoms with E-state index >= 15 is 0 Å². The summed E-state index contributed by atoms with van der Waals surface area (Å²) < 4.78 is 23.7. The number of benzene rings is 2. The van der Waals surface area contributed by atoms with Crippen molar-refractivity contribution < 1.29 is 33.6 Å². The van der Waals surface area contributed by atoms with Crippen LogP contribution in [0.25, 0.3) is 5.69 Å². The fourth-order valence-electron chi connectivity index (χ4n) is 4.26. The summed E-state index contributed by atoms with van der Waals surface area (Å²) in [7, 11) is 6.10. The number of hydrogen-bond donors (Lipinski definition) is 2. The highest BCUT2D eigenvalue weighted by atomic mass is 16.5. The molecule has 172 valence electrons. The van der Waals surface area contributed by atoms with Gasteiger partial charge in [-0.25, -0.2) is 4.79 Å². The number of carboxylic acids is 1. The summed E-state index contributed by atoms with van der Waals surface area (Å²) >= 11 is 0. The number of anilines is 1. The van der Waals surface area contributed by atoms with Crippen molar-refractivity contribution in [3.8, 4) is 28.7 Å². The van der Waals surface area contributed by atoms with Crippen LogP contribution in [0.2, 0.25) is 0 Å². The molecule has 0 bridgehead atoms. The number of nitrogens with one attached hydrogen (secondary N) is 1. The number of hydrogen-bond acceptors (Lipinski definition) is 6. The van der Waals surface area contributed by atoms with Crippen molar-refractivity contribution in [2.75, 3.05) is 33.8 Å². The van der Waals surface area contributed by atoms with Crippen molar-refractivity contribution in [2.45, 2.75) is 12.3 Å². The normalized spacial score (nSPS) is 14.8. The zero-order valence-corrected chi connectivity index (χ0v) is 18.7. The van der Waals surface area contributed by atoms with Gasteiger partial charge in [0.15, 0.2) is 11.5 Å². The summed E-state index contributed by atoms with van der Waals surface area (Å²) in [5.41, 5.74) is 2.23. The van der Waals surface area contributed by atoms with E-state index in [2.05, 4.69) is 5.32 Å². The van der Waals surface area contributed by atoms with E-state index in [1.807, 2.05) is 12.1 Å². The second-order valence-corrected chi connectivity index (χ2v) is 7.41. The largest absolute Gasteiger partial charge is 0.497 e. The Bertz CT molecular complexity index is 1230. The lowest BCUT2D eigenvalue weighted by Gasteiger charge is -2.28. The Hall–Kier alpha value is -4.14. The van der Waals surface area contributed by atoms with Crippen LogP contribution < -0.4 is 24.3 Å². The van der Waals surface area contributed by atoms with Crippen molar-refractivity contribution >= 4 is 17.6 Å². The monoisotopic (exact) mass is 452 g/mol. The van der Waals surface area contributed by atoms with Gasteiger partial charge in [-0.15, -0.1) is 0 Å². The van der Waals surface area contributed by atoms with Gasteiger partial charge in [-0.1, -0.05) is 12.1 Å². The lowest BCUT2D eigenvalue weighted by molar-refractivity contribution is -0.116. The SMILES string of the molecule is COc1cccc(-n2cc(C(=O)O)c3c2[C@@H](c2ccc(OC)c(OC)c2OC)CC(=O)N3)c1. The van der Waals surface area contributed by atoms with Gasteiger partial charge in [0.2, 0.25) is 11.7 Å². The molecule has 0 unspecified atom stereocenters. The first-order valence-electron chi connectivity index (χ1n) is 10.1. The number of ether oxygens (including phenoxy) is 4. The molecule has 0 aliphatic carbocycles. The number of methoxy groups -OCH3 is 4. The van der Waals surface area contributed by atoms with Crippen LogP contribution in [-0.2, 0) is 4.79 Å². The van der Waals surface area contributed by atoms with Crippen LogP contribution in [0.15, 0.2) is 42.6 Å². The van der Waals surface area contributed by atoms with E-state index in [1.54, 1.807) is 35.9 Å². The Kier molecular flexibility index (Phi) is 5.87. The molecule has 0 saturated carbocycles. The average molecular weight is 452 g/mol. The number of aromatic nitrogens is 1. The second-order valence-electron chi connectivity index (χ2n) is 7.41. The molecule has 1 aromatic heterocycles. The van der Waals surface area contributed by atoms with Crippen LogP contribution >= 0.6 is 0 Å². The zero-order valence-electron chi connectivity index (χ0n) is 18.7. The number of carboxylic acid groups (broad SMARTS) is 1. The van der Waals surface area contributed by atoms with Crippen LogP contribution in [0, 0.1) is 0 Å². The minimum Gasteiger partial charge on any atom is -0.497 e. The Balaban J connectivity index is 2.01. The van der Waals surface area contributed by atoms with E-state index in [-0.39, 0.29) is 23.6 Å². The number of rotatable bonds is 7. The molecule has 0 radical (unpaired) electrons. The van der Waals surface area contributed by atoms with Gasteiger partial charge in [0.25, 0.3) is 0 Å². The van der Waals surface area contributed by atoms with Gasteiger partial charge in [0, 0.05) is 35.9 Å². The number of fused-ring (bicyclic) bond motifs is 1. The summed E-state index contributed by atoms with van der Waals surface area (Å²) in [5, 5.41) is 12.6. The van der Waals surface area contributed by atoms with E-state index in [1.165, 1.54) is 27.5 Å². The lowest BCUT2D eigenvalue weighted by atomic mass is 9.87. The van der Waals surface area contributed by atoms with Crippen LogP contribution in [0.5, 0.6) is 23.0 Å². The molecule has 2 N–H and O–H groups in total. The first kappa shape index (κ1) is 22.1. The maximum Gasteiger partial charge on any atom is 0.339 e. The lowest BCUT2D eigenvalue weighted by Crippen LogP contribution is -2.26. The molecular weight excluding hydrogens is 428 g/mol. The highest BCUT2D eigenvalue weighted by Crippen LogP contribution is 2.49. The molecule has 0 spiro atoms. The molecule has 2 heterocycles. The molecule has 0 fully saturated rings. The fourth-order valence-corrected chi connectivity index (χ4v) is 4.26. The van der Waals surface area contributed by atoms with Crippen molar-refractivity contribution in [2.24, 2.45) is 0 Å². The van der Waals surface area contributed by atoms with E-state index in [9.17, 15) is 14.7 Å². The Morgan fingerprint density at radius 1 is 1.03 bits per heavy atom. The maximum atomic E-state index is 12.7. The minimum absolute atomic E-state index is 0.00897. The quantitative estimate of drug-likeness (QED) is 0.563. The highest BCUT2D eigenvalue weighted by Gasteiger charge is 2.37. The van der Waals surface area contributed by atoms with Gasteiger partial charge in [0.05, 0.1) is 39.8 Å². The van der Waals surface area contributed by atoms with E-state index in [4.69, 9.17) is 18.9 Å². The molecule has 0 saturated heterocycles. The van der Waals surface area contributed by atoms with Crippen molar-refractivity contribution in [1.82, 2.24) is 4.57 Å². The first-order chi connectivity index (χ1) is 15.9. The topological polar surface area (TPSA) is 108 Å². The molecule has 2 aromatic carbocycles. The molecular formula is C24H24N2O7. The smallest absolute Gasteiger partial charge is 0.339 e. The molecule has 9 heteroatoms. The Labute approximate surface area is 190 Å². The Morgan fingerprint density at radius 3 is 2.42 bits per heavy atom. The van der Waals surface area contributed by atoms with Crippen LogP contribution in [0.4, 0.5) is 5.69 Å². The van der Waals surface area contributed by atoms with E-state index in [0.29, 0.717) is 39.9 Å². The zero-order chi connectivity index (χ0) is 23.7. The number of amides is 1. The summed E-state index contributed by atoms with van der Waals surface area (Å²) in [5.74, 6) is -0.0493. The number of nitrogens with zero attached hydrogens (tertiary/aromatic N) is 1. The number of carbonyl (C=O) groups excluding carboxylic acids is 1. The summed E-state index contributed by atoms with van der Waals surface area (Å²) in [4.78, 5) is 24.7. The molecule has 33 heavy (non-hydrogen) atoms. The Morgan fingerprint density at radius 2 is 1.79 bits per heavy atom. The third-order valence-corrected chi connectivity index (χ3v) is 5.70. The van der Waals surface area contributed by atoms with Gasteiger partial charge >= 0.3 is 5.97 Å². The second kappa shape index (κ2) is 8.78. The minimum atomic E-state index is -1.15. The van der Waals surface area contributed by atoms with Crippen molar-refractivity contribution in [3.63, 3.8) is 0 Å². The van der Waals surface area contributed by atoms with E-state index in [0.717, 1.165) is 0 Å². The molecule has 1 aliphatic rings. The fraction of sp³-hybridized carbons (Fsp3) is 0.250. The predicted octanol–water partition coefficient (Wildman–Crippen LogP) is 3.68. The maximum absolute atomic E-state index is 12.7. The highest BCUT2D eigenvalue weighted by molar-refractivity contribution is 6.04. The van der Waals surface area contributed by atoms with Crippen LogP contribution in [-0.4, -0.2) is 50.0 Å². The van der Waals surface area contributed by atoms with Gasteiger partial charge in [-0.3, -0.25) is 4.79 Å². The van der Waals surface area contributed by atoms with Gasteiger partial charge < -0.3 is 33.9 Å². The van der Waals surface area contributed by atoms with Crippen LogP contribution in [0.1, 0.15) is 34.0 Å². The van der Waals surface area contributed by atoms with Crippen molar-refractivity contribution in [3.05, 3.63) is 59.4 Å². The predicted molar refractivity (Wildman–Crippen MR) is 120 cm³/mol. The van der Waals surface area contributed by atoms with E-state index < -0.39 is 11.9 Å². The van der Waals surface area contributed by atoms with Gasteiger partial charge in [0.1, 0.15) is 11.3 Å². The summed E-state index contributed by atoms with van der Waals surface area (Å²) in [6.07, 6.45) is 1.60. The molecule has 3 aromatic rings.